The summed E-state index contributed by atoms with van der Waals surface area (Å²) >= 11 is 0. The molecule has 0 radical (unpaired) electrons. The van der Waals surface area contributed by atoms with Crippen LogP contribution in [0.1, 0.15) is 68.5 Å². The van der Waals surface area contributed by atoms with Gasteiger partial charge in [-0.05, 0) is 68.5 Å². The van der Waals surface area contributed by atoms with Gasteiger partial charge in [-0.3, -0.25) is 0 Å². The van der Waals surface area contributed by atoms with Crippen LogP contribution in [0.3, 0.4) is 0 Å². The van der Waals surface area contributed by atoms with Gasteiger partial charge in [0.25, 0.3) is 8.32 Å². The van der Waals surface area contributed by atoms with Gasteiger partial charge < -0.3 is 52.2 Å². The zero-order valence-electron chi connectivity index (χ0n) is 47.7. The van der Waals surface area contributed by atoms with Crippen molar-refractivity contribution in [3.8, 4) is 0 Å². The van der Waals surface area contributed by atoms with E-state index < -0.39 is 99.3 Å². The summed E-state index contributed by atoms with van der Waals surface area (Å²) in [5, 5.41) is 13.6. The van der Waals surface area contributed by atoms with Gasteiger partial charge in [0.05, 0.1) is 49.7 Å². The second-order valence-corrected chi connectivity index (χ2v) is 26.2. The van der Waals surface area contributed by atoms with Crippen LogP contribution in [0.5, 0.6) is 0 Å². The number of hydrogen-bond acceptors (Lipinski definition) is 14. The van der Waals surface area contributed by atoms with E-state index in [0.29, 0.717) is 0 Å². The maximum Gasteiger partial charge on any atom is 0.338 e. The number of carbonyl (C=O) groups excluding carboxylic acids is 3. The van der Waals surface area contributed by atoms with E-state index in [1.807, 2.05) is 127 Å². The minimum absolute atomic E-state index is 0.100. The van der Waals surface area contributed by atoms with Crippen LogP contribution < -0.4 is 10.4 Å². The summed E-state index contributed by atoms with van der Waals surface area (Å²) in [6, 6.07) is 73.8. The topological polar surface area (TPSA) is 164 Å². The molecule has 14 nitrogen and oxygen atoms in total. The highest BCUT2D eigenvalue weighted by Crippen LogP contribution is 2.39. The molecule has 438 valence electrons. The summed E-state index contributed by atoms with van der Waals surface area (Å²) in [4.78, 5) is 43.9. The van der Waals surface area contributed by atoms with Crippen molar-refractivity contribution in [2.75, 3.05) is 13.2 Å². The van der Waals surface area contributed by atoms with Crippen molar-refractivity contribution in [1.82, 2.24) is 0 Å². The summed E-state index contributed by atoms with van der Waals surface area (Å²) in [6.07, 6.45) is -13.5. The molecule has 0 amide bonds. The molecule has 15 heteroatoms. The molecule has 2 fully saturated rings. The maximum absolute atomic E-state index is 14.7. The summed E-state index contributed by atoms with van der Waals surface area (Å²) in [7, 11) is -3.40. The number of rotatable bonds is 23. The van der Waals surface area contributed by atoms with Crippen molar-refractivity contribution in [3.05, 3.63) is 276 Å². The monoisotopic (exact) mass is 1160 g/mol. The Bertz CT molecular complexity index is 3290. The third-order valence-electron chi connectivity index (χ3n) is 15.1. The van der Waals surface area contributed by atoms with E-state index in [2.05, 4.69) is 45.0 Å². The van der Waals surface area contributed by atoms with E-state index in [4.69, 9.17) is 47.1 Å². The van der Waals surface area contributed by atoms with Crippen molar-refractivity contribution >= 4 is 36.6 Å². The van der Waals surface area contributed by atoms with Gasteiger partial charge in [0.1, 0.15) is 30.5 Å². The Kier molecular flexibility index (Phi) is 20.4. The molecule has 0 aliphatic carbocycles. The molecule has 2 aliphatic rings. The second-order valence-electron chi connectivity index (χ2n) is 21.9. The first-order chi connectivity index (χ1) is 41.4. The lowest BCUT2D eigenvalue weighted by Gasteiger charge is -2.48. The molecule has 2 heterocycles. The summed E-state index contributed by atoms with van der Waals surface area (Å²) < 4.78 is 67.9. The summed E-state index contributed by atoms with van der Waals surface area (Å²) in [6.45, 7) is 6.08. The summed E-state index contributed by atoms with van der Waals surface area (Å²) in [5.74, 6) is -2.40. The van der Waals surface area contributed by atoms with Crippen molar-refractivity contribution < 1.29 is 66.5 Å². The SMILES string of the molecule is CC(C)(C)[Si](OC[C@H]1O[C@H](OC[C@H]2O[C@H](O)[C@@H](OCc3ccccc3)[C@@H](OCc3ccccc3)[C@@H]2OCc2ccccc2)[C@@H](OC(=O)c2ccccc2)[C@@H](OC(=O)c2ccccc2)[C@@H]1OC(=O)c1ccccc1)(c1ccccc1)c1ccccc1. The first-order valence-electron chi connectivity index (χ1n) is 28.6. The Balaban J connectivity index is 1.07. The van der Waals surface area contributed by atoms with Crippen molar-refractivity contribution in [2.24, 2.45) is 0 Å². The molecule has 0 spiro atoms. The van der Waals surface area contributed by atoms with E-state index in [1.165, 1.54) is 0 Å². The molecule has 8 aromatic rings. The van der Waals surface area contributed by atoms with Gasteiger partial charge in [-0.15, -0.1) is 0 Å². The van der Waals surface area contributed by atoms with Crippen LogP contribution in [-0.2, 0) is 66.9 Å². The third kappa shape index (κ3) is 15.0. The van der Waals surface area contributed by atoms with Crippen molar-refractivity contribution in [2.45, 2.75) is 107 Å². The highest BCUT2D eigenvalue weighted by molar-refractivity contribution is 6.99. The molecule has 10 rings (SSSR count). The Morgan fingerprint density at radius 1 is 0.388 bits per heavy atom. The second kappa shape index (κ2) is 28.8. The fourth-order valence-electron chi connectivity index (χ4n) is 10.9. The molecule has 8 aromatic carbocycles. The van der Waals surface area contributed by atoms with Crippen LogP contribution in [-0.4, -0.2) is 106 Å². The minimum atomic E-state index is -3.40. The number of esters is 3. The molecular formula is C70H70O14Si. The van der Waals surface area contributed by atoms with Crippen LogP contribution in [0.25, 0.3) is 0 Å². The lowest BCUT2D eigenvalue weighted by atomic mass is 9.97. The minimum Gasteiger partial charge on any atom is -0.452 e. The predicted octanol–water partition coefficient (Wildman–Crippen LogP) is 10.5. The van der Waals surface area contributed by atoms with Gasteiger partial charge in [0.15, 0.2) is 30.9 Å². The molecule has 2 aliphatic heterocycles. The van der Waals surface area contributed by atoms with Gasteiger partial charge in [-0.2, -0.15) is 0 Å². The Labute approximate surface area is 497 Å². The van der Waals surface area contributed by atoms with E-state index in [0.717, 1.165) is 27.1 Å². The maximum atomic E-state index is 14.7. The predicted molar refractivity (Wildman–Crippen MR) is 321 cm³/mol. The van der Waals surface area contributed by atoms with Crippen LogP contribution in [0.4, 0.5) is 0 Å². The fourth-order valence-corrected chi connectivity index (χ4v) is 15.5. The number of ether oxygens (including phenoxy) is 9. The van der Waals surface area contributed by atoms with E-state index >= 15 is 0 Å². The molecule has 1 N–H and O–H groups in total. The zero-order valence-corrected chi connectivity index (χ0v) is 48.7. The lowest BCUT2D eigenvalue weighted by Crippen LogP contribution is -2.69. The van der Waals surface area contributed by atoms with Crippen LogP contribution in [0.15, 0.2) is 243 Å². The van der Waals surface area contributed by atoms with Crippen molar-refractivity contribution in [3.63, 3.8) is 0 Å². The molecule has 0 saturated carbocycles. The zero-order chi connectivity index (χ0) is 59.0. The quantitative estimate of drug-likeness (QED) is 0.0366. The molecule has 2 saturated heterocycles. The Morgan fingerprint density at radius 3 is 1.14 bits per heavy atom. The van der Waals surface area contributed by atoms with E-state index in [9.17, 15) is 19.5 Å². The smallest absolute Gasteiger partial charge is 0.338 e. The van der Waals surface area contributed by atoms with Crippen LogP contribution in [0, 0.1) is 0 Å². The molecule has 0 aromatic heterocycles. The van der Waals surface area contributed by atoms with Gasteiger partial charge in [0, 0.05) is 0 Å². The largest absolute Gasteiger partial charge is 0.452 e. The highest BCUT2D eigenvalue weighted by Gasteiger charge is 2.57. The van der Waals surface area contributed by atoms with Gasteiger partial charge in [-0.25, -0.2) is 14.4 Å². The molecular weight excluding hydrogens is 1090 g/mol. The van der Waals surface area contributed by atoms with E-state index in [-0.39, 0.29) is 43.1 Å². The fraction of sp³-hybridized carbons (Fsp3) is 0.271. The molecule has 10 atom stereocenters. The Morgan fingerprint density at radius 2 is 0.729 bits per heavy atom. The number of aliphatic hydroxyl groups excluding tert-OH is 1. The normalized spacial score (nSPS) is 22.4. The van der Waals surface area contributed by atoms with Crippen LogP contribution >= 0.6 is 0 Å². The van der Waals surface area contributed by atoms with Gasteiger partial charge in [-0.1, -0.05) is 227 Å². The first-order valence-corrected chi connectivity index (χ1v) is 30.5. The third-order valence-corrected chi connectivity index (χ3v) is 20.1. The van der Waals surface area contributed by atoms with Gasteiger partial charge in [0.2, 0.25) is 0 Å². The van der Waals surface area contributed by atoms with Crippen LogP contribution in [0.2, 0.25) is 5.04 Å². The van der Waals surface area contributed by atoms with Crippen molar-refractivity contribution in [1.29, 1.82) is 0 Å². The lowest BCUT2D eigenvalue weighted by molar-refractivity contribution is -0.336. The molecule has 85 heavy (non-hydrogen) atoms. The average molecular weight is 1160 g/mol. The van der Waals surface area contributed by atoms with Gasteiger partial charge >= 0.3 is 17.9 Å². The summed E-state index contributed by atoms with van der Waals surface area (Å²) in [5.41, 5.74) is 3.10. The molecule has 0 bridgehead atoms. The Hall–Kier alpha value is -7.93. The number of aliphatic hydroxyl groups is 1. The standard InChI is InChI=1S/C70H70O14Si/c1-70(2,3)85(55-40-24-10-25-41-55,56-42-26-11-27-43-56)79-48-58-60(82-65(71)52-34-18-7-19-35-52)62(83-66(72)53-36-20-8-21-37-53)64(84-67(73)54-38-22-9-23-39-54)69(81-58)78-47-57-59(75-44-49-28-12-4-13-29-49)61(76-45-50-30-14-5-15-31-50)63(68(74)80-57)77-46-51-32-16-6-17-33-51/h4-43,57-64,68-69,74H,44-48H2,1-3H3/t57-,58-,59-,60-,61+,62+,63+,64+,68+,69+/m1/s1. The number of benzene rings is 8. The number of carbonyl (C=O) groups is 3. The first kappa shape index (κ1) is 60.2. The number of hydrogen-bond donors (Lipinski definition) is 1. The average Bonchev–Trinajstić information content (AvgIpc) is 1.54. The van der Waals surface area contributed by atoms with E-state index in [1.54, 1.807) is 91.0 Å². The molecule has 0 unspecified atom stereocenters. The highest BCUT2D eigenvalue weighted by atomic mass is 28.4.